The molecule has 1 atom stereocenters. The van der Waals surface area contributed by atoms with Gasteiger partial charge in [-0.15, -0.1) is 0 Å². The molecule has 0 saturated carbocycles. The van der Waals surface area contributed by atoms with Crippen molar-refractivity contribution in [3.8, 4) is 0 Å². The molecular weight excluding hydrogens is 316 g/mol. The monoisotopic (exact) mass is 332 g/mol. The predicted molar refractivity (Wildman–Crippen MR) is 75.1 cm³/mol. The molecule has 1 heterocycles. The fraction of sp³-hybridized carbons (Fsp3) is 0.500. The molecule has 0 aromatic heterocycles. The van der Waals surface area contributed by atoms with Crippen LogP contribution in [0.1, 0.15) is 18.4 Å². The van der Waals surface area contributed by atoms with Crippen LogP contribution in [0.2, 0.25) is 0 Å². The van der Waals surface area contributed by atoms with E-state index < -0.39 is 10.0 Å². The van der Waals surface area contributed by atoms with E-state index in [1.807, 2.05) is 6.07 Å². The lowest BCUT2D eigenvalue weighted by Gasteiger charge is -2.24. The van der Waals surface area contributed by atoms with E-state index in [-0.39, 0.29) is 6.04 Å². The molecule has 0 spiro atoms. The van der Waals surface area contributed by atoms with Gasteiger partial charge in [-0.3, -0.25) is 0 Å². The minimum absolute atomic E-state index is 0.00760. The molecule has 0 aliphatic carbocycles. The highest BCUT2D eigenvalue weighted by molar-refractivity contribution is 9.10. The topological polar surface area (TPSA) is 58.2 Å². The molecule has 1 aromatic rings. The molecule has 0 amide bonds. The van der Waals surface area contributed by atoms with E-state index in [2.05, 4.69) is 26.0 Å². The number of hydrogen-bond acceptors (Lipinski definition) is 3. The molecule has 2 rings (SSSR count). The first-order chi connectivity index (χ1) is 8.49. The van der Waals surface area contributed by atoms with Crippen LogP contribution in [-0.2, 0) is 10.0 Å². The quantitative estimate of drug-likeness (QED) is 0.887. The highest BCUT2D eigenvalue weighted by Gasteiger charge is 2.22. The number of rotatable bonds is 3. The number of halogens is 1. The lowest BCUT2D eigenvalue weighted by Crippen LogP contribution is -2.45. The second kappa shape index (κ2) is 5.69. The van der Waals surface area contributed by atoms with Crippen molar-refractivity contribution in [1.29, 1.82) is 0 Å². The first-order valence-electron chi connectivity index (χ1n) is 5.98. The minimum atomic E-state index is -3.42. The van der Waals surface area contributed by atoms with E-state index in [0.29, 0.717) is 11.4 Å². The molecule has 2 N–H and O–H groups in total. The smallest absolute Gasteiger partial charge is 0.241 e. The van der Waals surface area contributed by atoms with E-state index >= 15 is 0 Å². The second-order valence-corrected chi connectivity index (χ2v) is 7.17. The van der Waals surface area contributed by atoms with Crippen LogP contribution < -0.4 is 10.0 Å². The highest BCUT2D eigenvalue weighted by Crippen LogP contribution is 2.20. The molecular formula is C12H17BrN2O2S. The Morgan fingerprint density at radius 3 is 2.83 bits per heavy atom. The molecule has 6 heteroatoms. The summed E-state index contributed by atoms with van der Waals surface area (Å²) in [6.07, 6.45) is 1.90. The van der Waals surface area contributed by atoms with E-state index in [1.54, 1.807) is 19.1 Å². The van der Waals surface area contributed by atoms with Crippen molar-refractivity contribution in [2.45, 2.75) is 30.7 Å². The van der Waals surface area contributed by atoms with E-state index in [0.717, 1.165) is 29.4 Å². The lowest BCUT2D eigenvalue weighted by atomic mass is 10.1. The summed E-state index contributed by atoms with van der Waals surface area (Å²) in [5, 5.41) is 3.20. The van der Waals surface area contributed by atoms with Gasteiger partial charge in [-0.2, -0.15) is 0 Å². The Labute approximate surface area is 116 Å². The highest BCUT2D eigenvalue weighted by atomic mass is 79.9. The van der Waals surface area contributed by atoms with E-state index in [1.165, 1.54) is 0 Å². The van der Waals surface area contributed by atoms with Crippen LogP contribution in [0.5, 0.6) is 0 Å². The summed E-state index contributed by atoms with van der Waals surface area (Å²) >= 11 is 3.34. The van der Waals surface area contributed by atoms with Gasteiger partial charge in [-0.05, 0) is 50.1 Å². The van der Waals surface area contributed by atoms with Gasteiger partial charge in [0.15, 0.2) is 0 Å². The molecule has 0 radical (unpaired) electrons. The molecule has 1 aliphatic rings. The van der Waals surface area contributed by atoms with Gasteiger partial charge in [-0.1, -0.05) is 15.9 Å². The Bertz CT molecular complexity index is 525. The van der Waals surface area contributed by atoms with Crippen LogP contribution >= 0.6 is 15.9 Å². The molecule has 1 aliphatic heterocycles. The Hall–Kier alpha value is -0.430. The van der Waals surface area contributed by atoms with Crippen LogP contribution in [0.25, 0.3) is 0 Å². The van der Waals surface area contributed by atoms with Gasteiger partial charge in [0.2, 0.25) is 10.0 Å². The summed E-state index contributed by atoms with van der Waals surface area (Å²) < 4.78 is 28.2. The van der Waals surface area contributed by atoms with Gasteiger partial charge in [0.1, 0.15) is 0 Å². The standard InChI is InChI=1S/C12H17BrN2O2S/c1-9-7-10(13)4-5-12(9)18(16,17)15-11-3-2-6-14-8-11/h4-5,7,11,14-15H,2-3,6,8H2,1H3. The van der Waals surface area contributed by atoms with Crippen LogP contribution in [0.3, 0.4) is 0 Å². The van der Waals surface area contributed by atoms with Crippen molar-refractivity contribution >= 4 is 26.0 Å². The molecule has 1 saturated heterocycles. The Kier molecular flexibility index (Phi) is 4.42. The maximum atomic E-state index is 12.3. The van der Waals surface area contributed by atoms with Crippen molar-refractivity contribution in [2.75, 3.05) is 13.1 Å². The fourth-order valence-electron chi connectivity index (χ4n) is 2.15. The zero-order valence-corrected chi connectivity index (χ0v) is 12.6. The largest absolute Gasteiger partial charge is 0.315 e. The van der Waals surface area contributed by atoms with Gasteiger partial charge >= 0.3 is 0 Å². The summed E-state index contributed by atoms with van der Waals surface area (Å²) in [6, 6.07) is 5.19. The van der Waals surface area contributed by atoms with Crippen molar-refractivity contribution in [2.24, 2.45) is 0 Å². The number of hydrogen-bond donors (Lipinski definition) is 2. The second-order valence-electron chi connectivity index (χ2n) is 4.57. The van der Waals surface area contributed by atoms with Gasteiger partial charge < -0.3 is 5.32 Å². The molecule has 100 valence electrons. The molecule has 4 nitrogen and oxygen atoms in total. The van der Waals surface area contributed by atoms with Crippen LogP contribution in [0, 0.1) is 6.92 Å². The normalized spacial score (nSPS) is 20.9. The number of aryl methyl sites for hydroxylation is 1. The van der Waals surface area contributed by atoms with Crippen LogP contribution in [0.15, 0.2) is 27.6 Å². The average Bonchev–Trinajstić information content (AvgIpc) is 2.29. The molecule has 1 fully saturated rings. The Balaban J connectivity index is 2.19. The Morgan fingerprint density at radius 2 is 2.22 bits per heavy atom. The molecule has 18 heavy (non-hydrogen) atoms. The van der Waals surface area contributed by atoms with Crippen molar-refractivity contribution in [1.82, 2.24) is 10.0 Å². The molecule has 1 aromatic carbocycles. The zero-order chi connectivity index (χ0) is 13.2. The summed E-state index contributed by atoms with van der Waals surface area (Å²) in [4.78, 5) is 0.358. The molecule has 0 bridgehead atoms. The maximum Gasteiger partial charge on any atom is 0.241 e. The third-order valence-corrected chi connectivity index (χ3v) is 5.22. The third-order valence-electron chi connectivity index (χ3n) is 3.05. The van der Waals surface area contributed by atoms with Gasteiger partial charge in [0.25, 0.3) is 0 Å². The third kappa shape index (κ3) is 3.32. The molecule has 1 unspecified atom stereocenters. The maximum absolute atomic E-state index is 12.3. The summed E-state index contributed by atoms with van der Waals surface area (Å²) in [6.45, 7) is 3.47. The number of nitrogens with one attached hydrogen (secondary N) is 2. The predicted octanol–water partition coefficient (Wildman–Crippen LogP) is 1.79. The summed E-state index contributed by atoms with van der Waals surface area (Å²) in [5.41, 5.74) is 0.751. The lowest BCUT2D eigenvalue weighted by molar-refractivity contribution is 0.428. The summed E-state index contributed by atoms with van der Waals surface area (Å²) in [7, 11) is -3.42. The zero-order valence-electron chi connectivity index (χ0n) is 10.2. The van der Waals surface area contributed by atoms with Crippen LogP contribution in [0.4, 0.5) is 0 Å². The SMILES string of the molecule is Cc1cc(Br)ccc1S(=O)(=O)NC1CCCNC1. The van der Waals surface area contributed by atoms with Crippen molar-refractivity contribution in [3.05, 3.63) is 28.2 Å². The van der Waals surface area contributed by atoms with Crippen molar-refractivity contribution in [3.63, 3.8) is 0 Å². The summed E-state index contributed by atoms with van der Waals surface area (Å²) in [5.74, 6) is 0. The van der Waals surface area contributed by atoms with Gasteiger partial charge in [0, 0.05) is 17.1 Å². The van der Waals surface area contributed by atoms with Crippen molar-refractivity contribution < 1.29 is 8.42 Å². The van der Waals surface area contributed by atoms with Crippen LogP contribution in [-0.4, -0.2) is 27.5 Å². The first-order valence-corrected chi connectivity index (χ1v) is 8.26. The van der Waals surface area contributed by atoms with Gasteiger partial charge in [-0.25, -0.2) is 13.1 Å². The van der Waals surface area contributed by atoms with Gasteiger partial charge in [0.05, 0.1) is 4.90 Å². The van der Waals surface area contributed by atoms with E-state index in [9.17, 15) is 8.42 Å². The number of sulfonamides is 1. The first kappa shape index (κ1) is 14.0. The Morgan fingerprint density at radius 1 is 1.44 bits per heavy atom. The number of benzene rings is 1. The number of piperidine rings is 1. The average molecular weight is 333 g/mol. The minimum Gasteiger partial charge on any atom is -0.315 e. The fourth-order valence-corrected chi connectivity index (χ4v) is 4.12. The van der Waals surface area contributed by atoms with E-state index in [4.69, 9.17) is 0 Å².